The Kier molecular flexibility index (Phi) is 3.84. The van der Waals surface area contributed by atoms with E-state index < -0.39 is 0 Å². The van der Waals surface area contributed by atoms with Gasteiger partial charge >= 0.3 is 0 Å². The summed E-state index contributed by atoms with van der Waals surface area (Å²) in [6, 6.07) is 10.1. The van der Waals surface area contributed by atoms with E-state index in [9.17, 15) is 10.0 Å². The van der Waals surface area contributed by atoms with E-state index in [2.05, 4.69) is 5.18 Å². The second-order valence-electron chi connectivity index (χ2n) is 3.73. The maximum Gasteiger partial charge on any atom is 0.115 e. The Balaban J connectivity index is 2.49. The molecule has 0 saturated heterocycles. The van der Waals surface area contributed by atoms with Gasteiger partial charge in [-0.3, -0.25) is 0 Å². The maximum absolute atomic E-state index is 10.3. The number of benzene rings is 2. The summed E-state index contributed by atoms with van der Waals surface area (Å²) in [4.78, 5) is 10.3. The van der Waals surface area contributed by atoms with E-state index in [1.54, 1.807) is 36.4 Å². The summed E-state index contributed by atoms with van der Waals surface area (Å²) in [5.41, 5.74) is 2.18. The first-order chi connectivity index (χ1) is 8.63. The van der Waals surface area contributed by atoms with Crippen molar-refractivity contribution in [3.63, 3.8) is 0 Å². The van der Waals surface area contributed by atoms with Crippen molar-refractivity contribution in [2.45, 2.75) is 6.54 Å². The summed E-state index contributed by atoms with van der Waals surface area (Å²) in [5.74, 6) is 0.183. The number of hydrogen-bond donors (Lipinski definition) is 1. The molecule has 0 unspecified atom stereocenters. The van der Waals surface area contributed by atoms with E-state index in [-0.39, 0.29) is 12.3 Å². The maximum atomic E-state index is 10.3. The number of nitroso groups, excluding NO2 is 1. The van der Waals surface area contributed by atoms with Gasteiger partial charge in [0.25, 0.3) is 0 Å². The molecule has 2 aromatic carbocycles. The van der Waals surface area contributed by atoms with Gasteiger partial charge in [0.1, 0.15) is 12.3 Å². The lowest BCUT2D eigenvalue weighted by molar-refractivity contribution is 0.475. The van der Waals surface area contributed by atoms with E-state index in [1.165, 1.54) is 0 Å². The molecule has 2 aromatic rings. The van der Waals surface area contributed by atoms with Gasteiger partial charge in [0, 0.05) is 5.56 Å². The molecule has 1 N–H and O–H groups in total. The zero-order valence-electron chi connectivity index (χ0n) is 9.23. The topological polar surface area (TPSA) is 49.7 Å². The highest BCUT2D eigenvalue weighted by molar-refractivity contribution is 6.44. The molecule has 0 radical (unpaired) electrons. The van der Waals surface area contributed by atoms with Crippen molar-refractivity contribution >= 4 is 23.2 Å². The van der Waals surface area contributed by atoms with Gasteiger partial charge in [0.2, 0.25) is 0 Å². The smallest absolute Gasteiger partial charge is 0.115 e. The van der Waals surface area contributed by atoms with Crippen molar-refractivity contribution in [1.82, 2.24) is 0 Å². The van der Waals surface area contributed by atoms with Crippen molar-refractivity contribution in [1.29, 1.82) is 0 Å². The minimum absolute atomic E-state index is 0.00554. The molecule has 0 aromatic heterocycles. The largest absolute Gasteiger partial charge is 0.508 e. The molecular weight excluding hydrogens is 273 g/mol. The first-order valence-corrected chi connectivity index (χ1v) is 5.94. The van der Waals surface area contributed by atoms with E-state index >= 15 is 0 Å². The standard InChI is InChI=1S/C13H9Cl2NO2/c14-12-9(7-16-18)3-6-11(13(12)15)8-1-4-10(17)5-2-8/h1-6,17H,7H2. The summed E-state index contributed by atoms with van der Waals surface area (Å²) in [6.07, 6.45) is 0. The monoisotopic (exact) mass is 281 g/mol. The zero-order valence-corrected chi connectivity index (χ0v) is 10.7. The van der Waals surface area contributed by atoms with Crippen molar-refractivity contribution in [3.8, 4) is 16.9 Å². The fourth-order valence-corrected chi connectivity index (χ4v) is 2.16. The van der Waals surface area contributed by atoms with Crippen LogP contribution in [-0.2, 0) is 6.54 Å². The average Bonchev–Trinajstić information content (AvgIpc) is 2.37. The van der Waals surface area contributed by atoms with Crippen LogP contribution in [0, 0.1) is 4.91 Å². The molecule has 0 bridgehead atoms. The number of nitrogens with zero attached hydrogens (tertiary/aromatic N) is 1. The van der Waals surface area contributed by atoms with Crippen LogP contribution in [0.25, 0.3) is 11.1 Å². The second kappa shape index (κ2) is 5.38. The number of aromatic hydroxyl groups is 1. The average molecular weight is 282 g/mol. The Morgan fingerprint density at radius 1 is 1.00 bits per heavy atom. The third-order valence-corrected chi connectivity index (χ3v) is 3.50. The Morgan fingerprint density at radius 2 is 1.67 bits per heavy atom. The third kappa shape index (κ3) is 2.47. The quantitative estimate of drug-likeness (QED) is 0.834. The highest BCUT2D eigenvalue weighted by atomic mass is 35.5. The summed E-state index contributed by atoms with van der Waals surface area (Å²) < 4.78 is 0. The molecule has 0 amide bonds. The molecule has 5 heteroatoms. The summed E-state index contributed by atoms with van der Waals surface area (Å²) in [7, 11) is 0. The number of rotatable bonds is 3. The summed E-state index contributed by atoms with van der Waals surface area (Å²) in [6.45, 7) is -0.00554. The third-order valence-electron chi connectivity index (χ3n) is 2.58. The number of phenols is 1. The lowest BCUT2D eigenvalue weighted by atomic mass is 10.0. The van der Waals surface area contributed by atoms with Gasteiger partial charge in [-0.05, 0) is 23.3 Å². The summed E-state index contributed by atoms with van der Waals surface area (Å²) in [5, 5.41) is 12.7. The van der Waals surface area contributed by atoms with Crippen molar-refractivity contribution < 1.29 is 5.11 Å². The Bertz CT molecular complexity index is 582. The van der Waals surface area contributed by atoms with E-state index in [0.29, 0.717) is 15.6 Å². The molecule has 0 heterocycles. The van der Waals surface area contributed by atoms with Crippen LogP contribution < -0.4 is 0 Å². The van der Waals surface area contributed by atoms with Gasteiger partial charge in [-0.2, -0.15) is 4.91 Å². The van der Waals surface area contributed by atoms with Crippen LogP contribution in [-0.4, -0.2) is 5.11 Å². The predicted molar refractivity (Wildman–Crippen MR) is 73.1 cm³/mol. The zero-order chi connectivity index (χ0) is 13.1. The van der Waals surface area contributed by atoms with Crippen molar-refractivity contribution in [3.05, 3.63) is 56.9 Å². The van der Waals surface area contributed by atoms with Crippen molar-refractivity contribution in [2.75, 3.05) is 0 Å². The van der Waals surface area contributed by atoms with Crippen LogP contribution in [0.4, 0.5) is 0 Å². The van der Waals surface area contributed by atoms with Crippen LogP contribution in [0.2, 0.25) is 10.0 Å². The molecule has 0 spiro atoms. The number of hydrogen-bond acceptors (Lipinski definition) is 3. The molecule has 0 aliphatic heterocycles. The van der Waals surface area contributed by atoms with E-state index in [1.807, 2.05) is 0 Å². The highest BCUT2D eigenvalue weighted by Gasteiger charge is 2.11. The van der Waals surface area contributed by atoms with Crippen LogP contribution in [0.1, 0.15) is 5.56 Å². The number of phenolic OH excluding ortho intramolecular Hbond substituents is 1. The molecule has 0 aliphatic rings. The lowest BCUT2D eigenvalue weighted by Crippen LogP contribution is -1.87. The summed E-state index contributed by atoms with van der Waals surface area (Å²) >= 11 is 12.2. The van der Waals surface area contributed by atoms with Gasteiger partial charge in [0.05, 0.1) is 10.0 Å². The van der Waals surface area contributed by atoms with Crippen LogP contribution >= 0.6 is 23.2 Å². The first kappa shape index (κ1) is 12.9. The van der Waals surface area contributed by atoms with Crippen molar-refractivity contribution in [2.24, 2.45) is 5.18 Å². The SMILES string of the molecule is O=NCc1ccc(-c2ccc(O)cc2)c(Cl)c1Cl. The van der Waals surface area contributed by atoms with Gasteiger partial charge < -0.3 is 5.11 Å². The fraction of sp³-hybridized carbons (Fsp3) is 0.0769. The van der Waals surface area contributed by atoms with Crippen LogP contribution in [0.3, 0.4) is 0 Å². The number of halogens is 2. The lowest BCUT2D eigenvalue weighted by Gasteiger charge is -2.09. The normalized spacial score (nSPS) is 10.3. The predicted octanol–water partition coefficient (Wildman–Crippen LogP) is 4.63. The molecule has 0 fully saturated rings. The second-order valence-corrected chi connectivity index (χ2v) is 4.49. The molecular formula is C13H9Cl2NO2. The molecule has 0 saturated carbocycles. The molecule has 0 atom stereocenters. The van der Waals surface area contributed by atoms with Gasteiger partial charge in [-0.15, -0.1) is 0 Å². The van der Waals surface area contributed by atoms with Crippen LogP contribution in [0.15, 0.2) is 41.6 Å². The van der Waals surface area contributed by atoms with E-state index in [0.717, 1.165) is 11.1 Å². The van der Waals surface area contributed by atoms with E-state index in [4.69, 9.17) is 23.2 Å². The van der Waals surface area contributed by atoms with Gasteiger partial charge in [-0.25, -0.2) is 0 Å². The van der Waals surface area contributed by atoms with Gasteiger partial charge in [-0.1, -0.05) is 52.6 Å². The van der Waals surface area contributed by atoms with Gasteiger partial charge in [0.15, 0.2) is 0 Å². The Labute approximate surface area is 114 Å². The first-order valence-electron chi connectivity index (χ1n) is 5.19. The molecule has 3 nitrogen and oxygen atoms in total. The minimum Gasteiger partial charge on any atom is -0.508 e. The Morgan fingerprint density at radius 3 is 2.28 bits per heavy atom. The molecule has 2 rings (SSSR count). The highest BCUT2D eigenvalue weighted by Crippen LogP contribution is 2.36. The minimum atomic E-state index is -0.00554. The molecule has 92 valence electrons. The molecule has 18 heavy (non-hydrogen) atoms. The fourth-order valence-electron chi connectivity index (χ4n) is 1.65. The molecule has 0 aliphatic carbocycles. The van der Waals surface area contributed by atoms with Crippen LogP contribution in [0.5, 0.6) is 5.75 Å². The Hall–Kier alpha value is -1.58.